The third-order valence-electron chi connectivity index (χ3n) is 13.7. The highest BCUT2D eigenvalue weighted by molar-refractivity contribution is 5.98. The van der Waals surface area contributed by atoms with E-state index in [-0.39, 0.29) is 5.41 Å². The Morgan fingerprint density at radius 1 is 0.361 bits per heavy atom. The van der Waals surface area contributed by atoms with Gasteiger partial charge >= 0.3 is 0 Å². The summed E-state index contributed by atoms with van der Waals surface area (Å²) in [4.78, 5) is 2.30. The Morgan fingerprint density at radius 2 is 0.885 bits per heavy atom. The molecule has 0 atom stereocenters. The predicted molar refractivity (Wildman–Crippen MR) is 247 cm³/mol. The first-order valence-electron chi connectivity index (χ1n) is 21.2. The zero-order valence-electron chi connectivity index (χ0n) is 33.8. The third kappa shape index (κ3) is 4.58. The van der Waals surface area contributed by atoms with Crippen molar-refractivity contribution in [3.05, 3.63) is 234 Å². The molecule has 3 aliphatic carbocycles. The Hall–Kier alpha value is -7.62. The highest BCUT2D eigenvalue weighted by Gasteiger charge is 2.54. The summed E-state index contributed by atoms with van der Waals surface area (Å²) in [6, 6.07) is 72.4. The molecule has 0 unspecified atom stereocenters. The van der Waals surface area contributed by atoms with Crippen LogP contribution in [-0.2, 0) is 10.8 Å². The standard InChI is InChI=1S/C58H39NO2/c1-57(2)46-22-10-9-20-45(46)54-40(21-14-26-50(54)57)36-27-29-38(30-28-36)59(37-15-4-3-5-16-37)39-31-33-51-53(35-39)61-56-52(60-51)34-32-44-43-19-8-13-25-49(43)58(55(44)56)47-23-11-6-17-41(47)42-18-7-12-24-48(42)58/h3-35H,1-2H3. The molecule has 0 saturated carbocycles. The SMILES string of the molecule is CC1(C)c2ccccc2-c2c(-c3ccc(N(c4ccccc4)c4ccc5c(c4)Oc4c(ccc6c4C4(c7ccccc7-c7ccccc74)c4ccccc4-6)O5)cc3)cccc21. The average molecular weight is 782 g/mol. The number of nitrogens with zero attached hydrogens (tertiary/aromatic N) is 1. The molecule has 0 aromatic heterocycles. The fourth-order valence-electron chi connectivity index (χ4n) is 11.2. The molecule has 4 aliphatic rings. The van der Waals surface area contributed by atoms with Crippen LogP contribution in [0.3, 0.4) is 0 Å². The van der Waals surface area contributed by atoms with E-state index in [2.05, 4.69) is 213 Å². The molecule has 0 radical (unpaired) electrons. The first kappa shape index (κ1) is 34.3. The largest absolute Gasteiger partial charge is 0.449 e. The third-order valence-corrected chi connectivity index (χ3v) is 13.7. The number of hydrogen-bond acceptors (Lipinski definition) is 3. The Kier molecular flexibility index (Phi) is 6.99. The molecule has 0 fully saturated rings. The minimum absolute atomic E-state index is 0.0541. The monoisotopic (exact) mass is 781 g/mol. The smallest absolute Gasteiger partial charge is 0.175 e. The van der Waals surface area contributed by atoms with Crippen molar-refractivity contribution >= 4 is 17.1 Å². The highest BCUT2D eigenvalue weighted by Crippen LogP contribution is 2.67. The lowest BCUT2D eigenvalue weighted by Crippen LogP contribution is -2.26. The van der Waals surface area contributed by atoms with Gasteiger partial charge in [0.15, 0.2) is 23.0 Å². The van der Waals surface area contributed by atoms with Crippen molar-refractivity contribution in [3.8, 4) is 67.5 Å². The van der Waals surface area contributed by atoms with Gasteiger partial charge in [-0.3, -0.25) is 0 Å². The number of benzene rings is 9. The Morgan fingerprint density at radius 3 is 1.57 bits per heavy atom. The van der Waals surface area contributed by atoms with Crippen molar-refractivity contribution < 1.29 is 9.47 Å². The average Bonchev–Trinajstić information content (AvgIpc) is 3.88. The van der Waals surface area contributed by atoms with Crippen molar-refractivity contribution in [2.45, 2.75) is 24.7 Å². The molecule has 0 saturated heterocycles. The van der Waals surface area contributed by atoms with Crippen LogP contribution in [0.15, 0.2) is 200 Å². The molecule has 61 heavy (non-hydrogen) atoms. The summed E-state index contributed by atoms with van der Waals surface area (Å²) < 4.78 is 14.1. The second kappa shape index (κ2) is 12.5. The van der Waals surface area contributed by atoms with Gasteiger partial charge in [0.1, 0.15) is 0 Å². The van der Waals surface area contributed by atoms with Gasteiger partial charge in [-0.15, -0.1) is 0 Å². The summed E-state index contributed by atoms with van der Waals surface area (Å²) in [7, 11) is 0. The molecule has 3 nitrogen and oxygen atoms in total. The molecule has 0 bridgehead atoms. The van der Waals surface area contributed by atoms with E-state index >= 15 is 0 Å². The molecular weight excluding hydrogens is 743 g/mol. The summed E-state index contributed by atoms with van der Waals surface area (Å²) in [5, 5.41) is 0. The van der Waals surface area contributed by atoms with E-state index < -0.39 is 5.41 Å². The van der Waals surface area contributed by atoms with E-state index in [0.717, 1.165) is 34.1 Å². The summed E-state index contributed by atoms with van der Waals surface area (Å²) in [5.41, 5.74) is 20.2. The predicted octanol–water partition coefficient (Wildman–Crippen LogP) is 15.4. The van der Waals surface area contributed by atoms with Gasteiger partial charge in [-0.05, 0) is 115 Å². The Labute approximate surface area is 355 Å². The molecule has 1 spiro atoms. The van der Waals surface area contributed by atoms with Crippen LogP contribution < -0.4 is 14.4 Å². The van der Waals surface area contributed by atoms with E-state index in [1.54, 1.807) is 0 Å². The maximum atomic E-state index is 7.24. The van der Waals surface area contributed by atoms with Crippen molar-refractivity contribution in [2.24, 2.45) is 0 Å². The molecule has 9 aromatic carbocycles. The second-order valence-corrected chi connectivity index (χ2v) is 17.2. The van der Waals surface area contributed by atoms with Crippen LogP contribution in [0.4, 0.5) is 17.1 Å². The van der Waals surface area contributed by atoms with Gasteiger partial charge in [0, 0.05) is 28.4 Å². The van der Waals surface area contributed by atoms with Crippen molar-refractivity contribution in [3.63, 3.8) is 0 Å². The number of anilines is 3. The van der Waals surface area contributed by atoms with Crippen LogP contribution in [0.1, 0.15) is 47.2 Å². The Balaban J connectivity index is 0.935. The lowest BCUT2D eigenvalue weighted by molar-refractivity contribution is 0.355. The van der Waals surface area contributed by atoms with Crippen LogP contribution in [0.25, 0.3) is 44.5 Å². The Bertz CT molecular complexity index is 3220. The topological polar surface area (TPSA) is 21.7 Å². The van der Waals surface area contributed by atoms with Crippen molar-refractivity contribution in [2.75, 3.05) is 4.90 Å². The number of fused-ring (bicyclic) bond motifs is 16. The van der Waals surface area contributed by atoms with E-state index in [9.17, 15) is 0 Å². The maximum Gasteiger partial charge on any atom is 0.175 e. The van der Waals surface area contributed by atoms with Crippen molar-refractivity contribution in [1.29, 1.82) is 0 Å². The van der Waals surface area contributed by atoms with Gasteiger partial charge in [0.05, 0.1) is 11.1 Å². The second-order valence-electron chi connectivity index (χ2n) is 17.2. The quantitative estimate of drug-likeness (QED) is 0.177. The molecule has 1 aliphatic heterocycles. The van der Waals surface area contributed by atoms with E-state index in [4.69, 9.17) is 9.47 Å². The number of rotatable bonds is 4. The van der Waals surface area contributed by atoms with Gasteiger partial charge < -0.3 is 14.4 Å². The lowest BCUT2D eigenvalue weighted by Gasteiger charge is -2.33. The van der Waals surface area contributed by atoms with Gasteiger partial charge in [-0.2, -0.15) is 0 Å². The molecule has 3 heteroatoms. The van der Waals surface area contributed by atoms with Crippen LogP contribution in [0.5, 0.6) is 23.0 Å². The molecule has 1 heterocycles. The fourth-order valence-corrected chi connectivity index (χ4v) is 11.2. The molecule has 13 rings (SSSR count). The van der Waals surface area contributed by atoms with Gasteiger partial charge in [0.2, 0.25) is 0 Å². The highest BCUT2D eigenvalue weighted by atomic mass is 16.6. The summed E-state index contributed by atoms with van der Waals surface area (Å²) in [6.07, 6.45) is 0. The zero-order valence-corrected chi connectivity index (χ0v) is 33.8. The minimum atomic E-state index is -0.558. The summed E-state index contributed by atoms with van der Waals surface area (Å²) in [5.74, 6) is 2.86. The van der Waals surface area contributed by atoms with Gasteiger partial charge in [-0.1, -0.05) is 166 Å². The van der Waals surface area contributed by atoms with E-state index in [1.807, 2.05) is 6.07 Å². The molecular formula is C58H39NO2. The van der Waals surface area contributed by atoms with Crippen LogP contribution >= 0.6 is 0 Å². The first-order valence-corrected chi connectivity index (χ1v) is 21.2. The number of para-hydroxylation sites is 1. The van der Waals surface area contributed by atoms with Crippen LogP contribution in [0.2, 0.25) is 0 Å². The molecule has 0 N–H and O–H groups in total. The van der Waals surface area contributed by atoms with Gasteiger partial charge in [0.25, 0.3) is 0 Å². The van der Waals surface area contributed by atoms with Gasteiger partial charge in [-0.25, -0.2) is 0 Å². The van der Waals surface area contributed by atoms with E-state index in [1.165, 1.54) is 72.3 Å². The number of hydrogen-bond donors (Lipinski definition) is 0. The number of ether oxygens (including phenoxy) is 2. The van der Waals surface area contributed by atoms with E-state index in [0.29, 0.717) is 11.5 Å². The fraction of sp³-hybridized carbons (Fsp3) is 0.0690. The lowest BCUT2D eigenvalue weighted by atomic mass is 9.70. The summed E-state index contributed by atoms with van der Waals surface area (Å²) in [6.45, 7) is 4.68. The molecule has 9 aromatic rings. The first-order chi connectivity index (χ1) is 30.0. The maximum absolute atomic E-state index is 7.24. The molecule has 0 amide bonds. The minimum Gasteiger partial charge on any atom is -0.449 e. The zero-order chi connectivity index (χ0) is 40.5. The summed E-state index contributed by atoms with van der Waals surface area (Å²) >= 11 is 0. The van der Waals surface area contributed by atoms with Crippen LogP contribution in [0, 0.1) is 0 Å². The van der Waals surface area contributed by atoms with Crippen LogP contribution in [-0.4, -0.2) is 0 Å². The van der Waals surface area contributed by atoms with Crippen molar-refractivity contribution in [1.82, 2.24) is 0 Å². The molecule has 288 valence electrons. The normalized spacial score (nSPS) is 14.6.